The van der Waals surface area contributed by atoms with Gasteiger partial charge in [0.1, 0.15) is 11.5 Å². The van der Waals surface area contributed by atoms with E-state index in [9.17, 15) is 4.79 Å². The summed E-state index contributed by atoms with van der Waals surface area (Å²) >= 11 is 5.91. The van der Waals surface area contributed by atoms with Crippen molar-refractivity contribution in [2.24, 2.45) is 0 Å². The van der Waals surface area contributed by atoms with E-state index in [-0.39, 0.29) is 6.03 Å². The lowest BCUT2D eigenvalue weighted by atomic mass is 9.94. The molecule has 0 aromatic heterocycles. The van der Waals surface area contributed by atoms with Gasteiger partial charge in [-0.3, -0.25) is 0 Å². The van der Waals surface area contributed by atoms with Gasteiger partial charge < -0.3 is 20.1 Å². The van der Waals surface area contributed by atoms with Gasteiger partial charge in [0.05, 0.1) is 25.4 Å². The summed E-state index contributed by atoms with van der Waals surface area (Å²) in [5.41, 5.74) is 0.904. The zero-order chi connectivity index (χ0) is 17.7. The fraction of sp³-hybridized carbons (Fsp3) is 0.278. The molecule has 2 aromatic rings. The number of hydrogen-bond donors (Lipinski definition) is 2. The molecule has 0 saturated heterocycles. The van der Waals surface area contributed by atoms with Gasteiger partial charge in [-0.25, -0.2) is 4.79 Å². The quantitative estimate of drug-likeness (QED) is 0.841. The van der Waals surface area contributed by atoms with Crippen molar-refractivity contribution in [2.45, 2.75) is 19.4 Å². The Labute approximate surface area is 146 Å². The summed E-state index contributed by atoms with van der Waals surface area (Å²) in [4.78, 5) is 12.4. The maximum atomic E-state index is 12.4. The SMILES string of the molecule is COc1ccc(OC)c(NC(=O)NC(C)(C)c2ccc(Cl)cc2)c1. The number of nitrogens with one attached hydrogen (secondary N) is 2. The molecule has 0 aliphatic carbocycles. The van der Waals surface area contributed by atoms with Gasteiger partial charge in [-0.2, -0.15) is 0 Å². The molecule has 5 nitrogen and oxygen atoms in total. The van der Waals surface area contributed by atoms with Gasteiger partial charge in [0.25, 0.3) is 0 Å². The molecule has 0 radical (unpaired) electrons. The van der Waals surface area contributed by atoms with Crippen molar-refractivity contribution in [2.75, 3.05) is 19.5 Å². The fourth-order valence-electron chi connectivity index (χ4n) is 2.29. The van der Waals surface area contributed by atoms with Gasteiger partial charge in [0.15, 0.2) is 0 Å². The van der Waals surface area contributed by atoms with Crippen LogP contribution in [0.2, 0.25) is 5.02 Å². The summed E-state index contributed by atoms with van der Waals surface area (Å²) in [6, 6.07) is 12.2. The second kappa shape index (κ2) is 7.45. The second-order valence-corrected chi connectivity index (χ2v) is 6.21. The average molecular weight is 349 g/mol. The molecule has 0 aliphatic heterocycles. The van der Waals surface area contributed by atoms with Gasteiger partial charge in [0, 0.05) is 11.1 Å². The lowest BCUT2D eigenvalue weighted by molar-refractivity contribution is 0.241. The van der Waals surface area contributed by atoms with Crippen LogP contribution in [0, 0.1) is 0 Å². The molecule has 2 N–H and O–H groups in total. The van der Waals surface area contributed by atoms with Crippen LogP contribution in [0.3, 0.4) is 0 Å². The third kappa shape index (κ3) is 4.32. The monoisotopic (exact) mass is 348 g/mol. The number of halogens is 1. The van der Waals surface area contributed by atoms with Crippen molar-refractivity contribution in [3.63, 3.8) is 0 Å². The number of carbonyl (C=O) groups excluding carboxylic acids is 1. The maximum absolute atomic E-state index is 12.4. The van der Waals surface area contributed by atoms with E-state index in [0.29, 0.717) is 22.2 Å². The van der Waals surface area contributed by atoms with Crippen molar-refractivity contribution < 1.29 is 14.3 Å². The first-order valence-corrected chi connectivity index (χ1v) is 7.81. The molecule has 0 spiro atoms. The van der Waals surface area contributed by atoms with Gasteiger partial charge in [-0.1, -0.05) is 23.7 Å². The number of anilines is 1. The molecule has 0 aliphatic rings. The van der Waals surface area contributed by atoms with Gasteiger partial charge in [-0.15, -0.1) is 0 Å². The van der Waals surface area contributed by atoms with E-state index in [1.807, 2.05) is 26.0 Å². The van der Waals surface area contributed by atoms with E-state index in [1.165, 1.54) is 0 Å². The van der Waals surface area contributed by atoms with Crippen LogP contribution in [0.25, 0.3) is 0 Å². The number of amides is 2. The number of carbonyl (C=O) groups is 1. The van der Waals surface area contributed by atoms with Crippen molar-refractivity contribution in [3.05, 3.63) is 53.1 Å². The van der Waals surface area contributed by atoms with Crippen LogP contribution in [-0.4, -0.2) is 20.3 Å². The Morgan fingerprint density at radius 1 is 1.04 bits per heavy atom. The van der Waals surface area contributed by atoms with Crippen molar-refractivity contribution in [1.82, 2.24) is 5.32 Å². The number of benzene rings is 2. The van der Waals surface area contributed by atoms with Gasteiger partial charge in [-0.05, 0) is 43.7 Å². The number of hydrogen-bond acceptors (Lipinski definition) is 3. The summed E-state index contributed by atoms with van der Waals surface area (Å²) in [6.07, 6.45) is 0. The van der Waals surface area contributed by atoms with Crippen LogP contribution >= 0.6 is 11.6 Å². The lowest BCUT2D eigenvalue weighted by Gasteiger charge is -2.27. The third-order valence-electron chi connectivity index (χ3n) is 3.65. The van der Waals surface area contributed by atoms with Crippen molar-refractivity contribution in [3.8, 4) is 11.5 Å². The zero-order valence-corrected chi connectivity index (χ0v) is 14.9. The minimum Gasteiger partial charge on any atom is -0.497 e. The smallest absolute Gasteiger partial charge is 0.320 e. The molecular weight excluding hydrogens is 328 g/mol. The first-order chi connectivity index (χ1) is 11.4. The van der Waals surface area contributed by atoms with Crippen LogP contribution in [0.15, 0.2) is 42.5 Å². The largest absolute Gasteiger partial charge is 0.497 e. The molecule has 2 aromatic carbocycles. The highest BCUT2D eigenvalue weighted by Crippen LogP contribution is 2.29. The molecule has 0 atom stereocenters. The predicted molar refractivity (Wildman–Crippen MR) is 96.2 cm³/mol. The first-order valence-electron chi connectivity index (χ1n) is 7.43. The number of rotatable bonds is 5. The Morgan fingerprint density at radius 2 is 1.71 bits per heavy atom. The highest BCUT2D eigenvalue weighted by atomic mass is 35.5. The molecule has 0 bridgehead atoms. The molecule has 0 saturated carbocycles. The number of urea groups is 1. The van der Waals surface area contributed by atoms with E-state index in [4.69, 9.17) is 21.1 Å². The molecule has 24 heavy (non-hydrogen) atoms. The minimum absolute atomic E-state index is 0.346. The molecule has 0 unspecified atom stereocenters. The third-order valence-corrected chi connectivity index (χ3v) is 3.90. The topological polar surface area (TPSA) is 59.6 Å². The molecule has 6 heteroatoms. The van der Waals surface area contributed by atoms with E-state index < -0.39 is 5.54 Å². The average Bonchev–Trinajstić information content (AvgIpc) is 2.54. The van der Waals surface area contributed by atoms with Crippen molar-refractivity contribution >= 4 is 23.3 Å². The van der Waals surface area contributed by atoms with Crippen LogP contribution < -0.4 is 20.1 Å². The normalized spacial score (nSPS) is 10.9. The first kappa shape index (κ1) is 17.9. The number of ether oxygens (including phenoxy) is 2. The van der Waals surface area contributed by atoms with Crippen LogP contribution in [0.1, 0.15) is 19.4 Å². The summed E-state index contributed by atoms with van der Waals surface area (Å²) in [7, 11) is 3.11. The molecule has 2 rings (SSSR count). The Morgan fingerprint density at radius 3 is 2.29 bits per heavy atom. The van der Waals surface area contributed by atoms with Crippen LogP contribution in [0.4, 0.5) is 10.5 Å². The molecule has 0 fully saturated rings. The van der Waals surface area contributed by atoms with Gasteiger partial charge >= 0.3 is 6.03 Å². The highest BCUT2D eigenvalue weighted by Gasteiger charge is 2.23. The molecule has 2 amide bonds. The fourth-order valence-corrected chi connectivity index (χ4v) is 2.41. The Kier molecular flexibility index (Phi) is 5.57. The second-order valence-electron chi connectivity index (χ2n) is 5.78. The van der Waals surface area contributed by atoms with Crippen LogP contribution in [-0.2, 0) is 5.54 Å². The van der Waals surface area contributed by atoms with E-state index in [0.717, 1.165) is 5.56 Å². The van der Waals surface area contributed by atoms with E-state index >= 15 is 0 Å². The standard InChI is InChI=1S/C18H21ClN2O3/c1-18(2,12-5-7-13(19)8-6-12)21-17(22)20-15-11-14(23-3)9-10-16(15)24-4/h5-11H,1-4H3,(H2,20,21,22). The Hall–Kier alpha value is -2.40. The minimum atomic E-state index is -0.569. The maximum Gasteiger partial charge on any atom is 0.320 e. The molecule has 0 heterocycles. The van der Waals surface area contributed by atoms with E-state index in [2.05, 4.69) is 10.6 Å². The predicted octanol–water partition coefficient (Wildman–Crippen LogP) is 4.41. The molecular formula is C18H21ClN2O3. The van der Waals surface area contributed by atoms with Crippen LogP contribution in [0.5, 0.6) is 11.5 Å². The van der Waals surface area contributed by atoms with E-state index in [1.54, 1.807) is 44.6 Å². The lowest BCUT2D eigenvalue weighted by Crippen LogP contribution is -2.43. The highest BCUT2D eigenvalue weighted by molar-refractivity contribution is 6.30. The summed E-state index contributed by atoms with van der Waals surface area (Å²) < 4.78 is 10.4. The van der Waals surface area contributed by atoms with Gasteiger partial charge in [0.2, 0.25) is 0 Å². The summed E-state index contributed by atoms with van der Waals surface area (Å²) in [6.45, 7) is 3.83. The number of methoxy groups -OCH3 is 2. The summed E-state index contributed by atoms with van der Waals surface area (Å²) in [5.74, 6) is 1.18. The van der Waals surface area contributed by atoms with Crippen molar-refractivity contribution in [1.29, 1.82) is 0 Å². The summed E-state index contributed by atoms with van der Waals surface area (Å²) in [5, 5.41) is 6.38. The molecule has 128 valence electrons. The zero-order valence-electron chi connectivity index (χ0n) is 14.1. The Balaban J connectivity index is 2.14. The Bertz CT molecular complexity index is 715.